The molecule has 0 heterocycles. The first-order valence-corrected chi connectivity index (χ1v) is 4.88. The van der Waals surface area contributed by atoms with E-state index in [2.05, 4.69) is 0 Å². The van der Waals surface area contributed by atoms with Crippen LogP contribution < -0.4 is 16.2 Å². The van der Waals surface area contributed by atoms with E-state index in [1.807, 2.05) is 0 Å². The molecule has 4 heteroatoms. The normalized spacial score (nSPS) is 10.0. The van der Waals surface area contributed by atoms with Crippen LogP contribution in [0.2, 0.25) is 0 Å². The van der Waals surface area contributed by atoms with E-state index >= 15 is 0 Å². The number of hydrogen-bond donors (Lipinski definition) is 2. The van der Waals surface area contributed by atoms with Gasteiger partial charge in [0, 0.05) is 12.1 Å². The van der Waals surface area contributed by atoms with E-state index < -0.39 is 0 Å². The molecule has 0 radical (unpaired) electrons. The average molecular weight is 212 g/mol. The molecule has 0 saturated carbocycles. The molecular formula is C12H12N4. The van der Waals surface area contributed by atoms with Gasteiger partial charge < -0.3 is 17.0 Å². The third-order valence-electron chi connectivity index (χ3n) is 2.33. The molecule has 80 valence electrons. The lowest BCUT2D eigenvalue weighted by Crippen LogP contribution is -2.03. The largest absolute Gasteiger partial charge is 0.493 e. The van der Waals surface area contributed by atoms with Crippen LogP contribution in [0.25, 0.3) is 5.53 Å². The Kier molecular flexibility index (Phi) is 2.55. The fraction of sp³-hybridized carbons (Fsp3) is 0. The maximum Gasteiger partial charge on any atom is 0.223 e. The van der Waals surface area contributed by atoms with Crippen LogP contribution in [0.3, 0.4) is 0 Å². The van der Waals surface area contributed by atoms with Gasteiger partial charge in [0.05, 0.1) is 0 Å². The van der Waals surface area contributed by atoms with Gasteiger partial charge in [-0.25, -0.2) is 4.70 Å². The number of rotatable bonds is 2. The van der Waals surface area contributed by atoms with E-state index in [0.717, 1.165) is 4.70 Å². The molecule has 2 aromatic rings. The molecule has 0 aliphatic heterocycles. The SMILES string of the molecule is [N-]=[N+](c1ccccc1N)c1ccccc1N. The number of nitrogens with zero attached hydrogens (tertiary/aromatic N) is 2. The van der Waals surface area contributed by atoms with Crippen molar-refractivity contribution in [3.63, 3.8) is 0 Å². The van der Waals surface area contributed by atoms with Crippen LogP contribution in [-0.4, -0.2) is 0 Å². The third kappa shape index (κ3) is 1.72. The molecule has 0 amide bonds. The molecule has 0 bridgehead atoms. The van der Waals surface area contributed by atoms with Gasteiger partial charge in [0.15, 0.2) is 0 Å². The van der Waals surface area contributed by atoms with Crippen molar-refractivity contribution in [2.24, 2.45) is 0 Å². The topological polar surface area (TPSA) is 77.3 Å². The van der Waals surface area contributed by atoms with E-state index in [0.29, 0.717) is 22.7 Å². The van der Waals surface area contributed by atoms with E-state index in [9.17, 15) is 5.53 Å². The summed E-state index contributed by atoms with van der Waals surface area (Å²) in [5.41, 5.74) is 23.6. The molecule has 2 aromatic carbocycles. The van der Waals surface area contributed by atoms with Crippen molar-refractivity contribution < 1.29 is 0 Å². The van der Waals surface area contributed by atoms with Gasteiger partial charge in [-0.3, -0.25) is 0 Å². The van der Waals surface area contributed by atoms with Crippen LogP contribution in [-0.2, 0) is 0 Å². The van der Waals surface area contributed by atoms with Gasteiger partial charge >= 0.3 is 0 Å². The zero-order valence-electron chi connectivity index (χ0n) is 8.67. The highest BCUT2D eigenvalue weighted by atomic mass is 15.2. The minimum atomic E-state index is 0.494. The summed E-state index contributed by atoms with van der Waals surface area (Å²) in [6, 6.07) is 14.1. The molecule has 0 spiro atoms. The molecule has 0 fully saturated rings. The average Bonchev–Trinajstić information content (AvgIpc) is 2.29. The van der Waals surface area contributed by atoms with E-state index in [1.165, 1.54) is 0 Å². The Bertz CT molecular complexity index is 487. The molecule has 2 rings (SSSR count). The third-order valence-corrected chi connectivity index (χ3v) is 2.33. The van der Waals surface area contributed by atoms with Crippen LogP contribution in [0.4, 0.5) is 22.7 Å². The molecule has 0 unspecified atom stereocenters. The Morgan fingerprint density at radius 1 is 0.750 bits per heavy atom. The Balaban J connectivity index is 2.48. The smallest absolute Gasteiger partial charge is 0.223 e. The molecule has 0 aromatic heterocycles. The number of para-hydroxylation sites is 4. The van der Waals surface area contributed by atoms with Crippen LogP contribution in [0.15, 0.2) is 48.5 Å². The van der Waals surface area contributed by atoms with Crippen molar-refractivity contribution in [3.05, 3.63) is 54.1 Å². The second kappa shape index (κ2) is 4.02. The van der Waals surface area contributed by atoms with Gasteiger partial charge in [0.25, 0.3) is 0 Å². The number of hydrogen-bond acceptors (Lipinski definition) is 2. The number of nitrogen functional groups attached to an aromatic ring is 2. The Hall–Kier alpha value is -2.36. The first kappa shape index (κ1) is 10.2. The summed E-state index contributed by atoms with van der Waals surface area (Å²) in [6.45, 7) is 0. The lowest BCUT2D eigenvalue weighted by atomic mass is 10.2. The monoisotopic (exact) mass is 212 g/mol. The van der Waals surface area contributed by atoms with E-state index in [1.54, 1.807) is 48.5 Å². The fourth-order valence-corrected chi connectivity index (χ4v) is 1.49. The number of benzene rings is 2. The Labute approximate surface area is 93.6 Å². The lowest BCUT2D eigenvalue weighted by molar-refractivity contribution is 1.06. The van der Waals surface area contributed by atoms with Crippen LogP contribution in [0.5, 0.6) is 0 Å². The minimum Gasteiger partial charge on any atom is -0.493 e. The summed E-state index contributed by atoms with van der Waals surface area (Å²) in [6.07, 6.45) is 0. The summed E-state index contributed by atoms with van der Waals surface area (Å²) in [5.74, 6) is 0. The first-order chi connectivity index (χ1) is 7.70. The molecule has 4 N–H and O–H groups in total. The minimum absolute atomic E-state index is 0.494. The summed E-state index contributed by atoms with van der Waals surface area (Å²) < 4.78 is 0.991. The standard InChI is InChI=1S/C12H12N4/c13-9-5-1-3-7-11(9)16(15)12-8-4-2-6-10(12)14/h1-8H,13-14H2. The molecule has 0 aliphatic rings. The lowest BCUT2D eigenvalue weighted by Gasteiger charge is -2.09. The van der Waals surface area contributed by atoms with Gasteiger partial charge in [-0.05, 0) is 12.1 Å². The predicted molar refractivity (Wildman–Crippen MR) is 66.5 cm³/mol. The summed E-state index contributed by atoms with van der Waals surface area (Å²) in [4.78, 5) is 0. The van der Waals surface area contributed by atoms with Crippen molar-refractivity contribution in [2.45, 2.75) is 0 Å². The summed E-state index contributed by atoms with van der Waals surface area (Å²) in [7, 11) is 0. The zero-order chi connectivity index (χ0) is 11.5. The Morgan fingerprint density at radius 3 is 1.50 bits per heavy atom. The molecular weight excluding hydrogens is 200 g/mol. The highest BCUT2D eigenvalue weighted by Gasteiger charge is 2.12. The second-order valence-corrected chi connectivity index (χ2v) is 3.43. The fourth-order valence-electron chi connectivity index (χ4n) is 1.49. The van der Waals surface area contributed by atoms with Gasteiger partial charge in [-0.15, -0.1) is 0 Å². The first-order valence-electron chi connectivity index (χ1n) is 4.88. The molecule has 0 atom stereocenters. The van der Waals surface area contributed by atoms with Crippen LogP contribution >= 0.6 is 0 Å². The van der Waals surface area contributed by atoms with E-state index in [-0.39, 0.29) is 0 Å². The van der Waals surface area contributed by atoms with Gasteiger partial charge in [0.2, 0.25) is 11.4 Å². The highest BCUT2D eigenvalue weighted by Crippen LogP contribution is 2.29. The summed E-state index contributed by atoms with van der Waals surface area (Å²) >= 11 is 0. The van der Waals surface area contributed by atoms with Crippen molar-refractivity contribution >= 4 is 22.7 Å². The van der Waals surface area contributed by atoms with Crippen molar-refractivity contribution in [2.75, 3.05) is 11.5 Å². The molecule has 4 nitrogen and oxygen atoms in total. The van der Waals surface area contributed by atoms with Gasteiger partial charge in [0.1, 0.15) is 11.4 Å². The van der Waals surface area contributed by atoms with Crippen molar-refractivity contribution in [1.29, 1.82) is 0 Å². The molecule has 0 saturated heterocycles. The van der Waals surface area contributed by atoms with Crippen molar-refractivity contribution in [3.8, 4) is 0 Å². The predicted octanol–water partition coefficient (Wildman–Crippen LogP) is 2.71. The van der Waals surface area contributed by atoms with Gasteiger partial charge in [-0.1, -0.05) is 24.3 Å². The zero-order valence-corrected chi connectivity index (χ0v) is 8.67. The number of anilines is 2. The molecule has 16 heavy (non-hydrogen) atoms. The maximum atomic E-state index is 10.0. The van der Waals surface area contributed by atoms with Gasteiger partial charge in [-0.2, -0.15) is 0 Å². The van der Waals surface area contributed by atoms with Crippen LogP contribution in [0, 0.1) is 0 Å². The second-order valence-electron chi connectivity index (χ2n) is 3.43. The van der Waals surface area contributed by atoms with Crippen LogP contribution in [0.1, 0.15) is 0 Å². The van der Waals surface area contributed by atoms with Crippen molar-refractivity contribution in [1.82, 2.24) is 4.70 Å². The van der Waals surface area contributed by atoms with E-state index in [4.69, 9.17) is 11.5 Å². The highest BCUT2D eigenvalue weighted by molar-refractivity contribution is 5.72. The molecule has 0 aliphatic carbocycles. The quantitative estimate of drug-likeness (QED) is 0.456. The summed E-state index contributed by atoms with van der Waals surface area (Å²) in [5, 5.41) is 0. The number of nitrogens with two attached hydrogens (primary N) is 2. The maximum absolute atomic E-state index is 10.0. The Morgan fingerprint density at radius 2 is 1.12 bits per heavy atom.